The predicted molar refractivity (Wildman–Crippen MR) is 28.8 cm³/mol. The molecule has 0 radical (unpaired) electrons. The third-order valence-corrected chi connectivity index (χ3v) is 0. The summed E-state index contributed by atoms with van der Waals surface area (Å²) in [6.07, 6.45) is 0. The van der Waals surface area contributed by atoms with Gasteiger partial charge in [0.25, 0.3) is 0 Å². The summed E-state index contributed by atoms with van der Waals surface area (Å²) in [4.78, 5) is 0. The maximum atomic E-state index is 0. The molecule has 0 aromatic heterocycles. The molecule has 0 aliphatic carbocycles. The van der Waals surface area contributed by atoms with Gasteiger partial charge in [0.05, 0.1) is 0 Å². The van der Waals surface area contributed by atoms with Crippen LogP contribution in [-0.2, 0) is 44.8 Å². The van der Waals surface area contributed by atoms with E-state index in [4.69, 9.17) is 0 Å². The maximum absolute atomic E-state index is 0. The average molecular weight is 757 g/mol. The summed E-state index contributed by atoms with van der Waals surface area (Å²) in [6, 6.07) is 0. The molecule has 0 atom stereocenters. The molecule has 0 aromatic rings. The van der Waals surface area contributed by atoms with Crippen molar-refractivity contribution in [2.24, 2.45) is 0 Å². The van der Waals surface area contributed by atoms with E-state index in [1.165, 1.54) is 0 Å². The molecule has 0 aliphatic rings. The summed E-state index contributed by atoms with van der Waals surface area (Å²) in [6.45, 7) is 0. The minimum atomic E-state index is 0. The Bertz CT molecular complexity index is 6.04. The van der Waals surface area contributed by atoms with Crippen LogP contribution in [0.4, 0.5) is 0 Å². The van der Waals surface area contributed by atoms with Crippen LogP contribution in [0.2, 0.25) is 0 Å². The fourth-order valence-corrected chi connectivity index (χ4v) is 0. The molecular weight excluding hydrogens is 757 g/mol. The van der Waals surface area contributed by atoms with E-state index in [1.807, 2.05) is 0 Å². The Hall–Kier alpha value is 4.08. The van der Waals surface area contributed by atoms with E-state index < -0.39 is 0 Å². The molecule has 0 saturated heterocycles. The molecule has 0 bridgehead atoms. The Morgan fingerprint density at radius 2 is 0.286 bits per heavy atom. The Kier molecular flexibility index (Phi) is 483. The summed E-state index contributed by atoms with van der Waals surface area (Å²) in [5.74, 6) is 0. The summed E-state index contributed by atoms with van der Waals surface area (Å²) in [7, 11) is 0. The van der Waals surface area contributed by atoms with Crippen molar-refractivity contribution < 1.29 is 44.8 Å². The molecule has 0 heterocycles. The zero-order valence-electron chi connectivity index (χ0n) is 2.94. The van der Waals surface area contributed by atoms with Gasteiger partial charge in [0.1, 0.15) is 0 Å². The molecule has 0 rings (SSSR count). The van der Waals surface area contributed by atoms with Gasteiger partial charge in [-0.25, -0.2) is 0 Å². The molecule has 0 aliphatic heterocycles. The van der Waals surface area contributed by atoms with Crippen molar-refractivity contribution in [3.8, 4) is 0 Å². The molecule has 0 amide bonds. The summed E-state index contributed by atoms with van der Waals surface area (Å²) in [5.41, 5.74) is 0. The van der Waals surface area contributed by atoms with Crippen molar-refractivity contribution in [1.82, 2.24) is 0 Å². The molecular formula is Se5Ta2. The molecule has 0 spiro atoms. The van der Waals surface area contributed by atoms with Gasteiger partial charge < -0.3 is 85.3 Å². The maximum Gasteiger partial charge on any atom is 5.00 e. The second-order valence-electron chi connectivity index (χ2n) is 0. The minimum Gasteiger partial charge on any atom is -2.00 e. The van der Waals surface area contributed by atoms with Crippen LogP contribution in [0, 0.1) is 0 Å². The molecule has 7 heavy (non-hydrogen) atoms. The monoisotopic (exact) mass is 761 g/mol. The van der Waals surface area contributed by atoms with Gasteiger partial charge in [-0.2, -0.15) is 0 Å². The van der Waals surface area contributed by atoms with Crippen molar-refractivity contribution in [3.05, 3.63) is 0 Å². The van der Waals surface area contributed by atoms with Gasteiger partial charge in [0, 0.05) is 0 Å². The largest absolute Gasteiger partial charge is 5.00 e. The number of rotatable bonds is 0. The predicted octanol–water partition coefficient (Wildman–Crippen LogP) is -1.91. The standard InChI is InChI=1S/5Se.2Ta/q5*-2;2*+5. The zero-order valence-corrected chi connectivity index (χ0v) is 17.9. The van der Waals surface area contributed by atoms with Gasteiger partial charge in [-0.3, -0.25) is 0 Å². The third kappa shape index (κ3) is 39.5. The van der Waals surface area contributed by atoms with Gasteiger partial charge >= 0.3 is 44.8 Å². The van der Waals surface area contributed by atoms with Crippen LogP contribution in [-0.4, -0.2) is 85.3 Å². The van der Waals surface area contributed by atoms with Crippen molar-refractivity contribution in [2.45, 2.75) is 0 Å². The van der Waals surface area contributed by atoms with Crippen molar-refractivity contribution in [3.63, 3.8) is 0 Å². The average Bonchev–Trinajstić information content (AvgIpc) is 0. The smallest absolute Gasteiger partial charge is 2.00 e. The first-order chi connectivity index (χ1) is 0. The first-order valence-corrected chi connectivity index (χ1v) is 0. The van der Waals surface area contributed by atoms with E-state index in [2.05, 4.69) is 0 Å². The second-order valence-corrected chi connectivity index (χ2v) is 0. The van der Waals surface area contributed by atoms with Gasteiger partial charge in [0.2, 0.25) is 0 Å². The fraction of sp³-hybridized carbons (Fsp3) is 0. The van der Waals surface area contributed by atoms with Crippen LogP contribution >= 0.6 is 0 Å². The van der Waals surface area contributed by atoms with E-state index in [0.29, 0.717) is 0 Å². The second kappa shape index (κ2) is 49.9. The number of hydrogen-bond acceptors (Lipinski definition) is 0. The third-order valence-electron chi connectivity index (χ3n) is 0. The Morgan fingerprint density at radius 1 is 0.286 bits per heavy atom. The van der Waals surface area contributed by atoms with Crippen LogP contribution in [0.1, 0.15) is 0 Å². The van der Waals surface area contributed by atoms with Gasteiger partial charge in [-0.05, 0) is 0 Å². The number of hydrogen-bond donors (Lipinski definition) is 0. The van der Waals surface area contributed by atoms with Gasteiger partial charge in [-0.15, -0.1) is 0 Å². The molecule has 0 N–H and O–H groups in total. The molecule has 0 fully saturated rings. The molecule has 7 heteroatoms. The van der Waals surface area contributed by atoms with E-state index in [1.54, 1.807) is 0 Å². The van der Waals surface area contributed by atoms with Crippen molar-refractivity contribution in [1.29, 1.82) is 0 Å². The fourth-order valence-electron chi connectivity index (χ4n) is 0. The SMILES string of the molecule is [Se-2].[Se-2].[Se-2].[Se-2].[Se-2].[Ta+5].[Ta+5]. The van der Waals surface area contributed by atoms with Crippen LogP contribution in [0.25, 0.3) is 0 Å². The van der Waals surface area contributed by atoms with Crippen LogP contribution < -0.4 is 0 Å². The molecule has 0 nitrogen and oxygen atoms in total. The summed E-state index contributed by atoms with van der Waals surface area (Å²) < 4.78 is 0. The van der Waals surface area contributed by atoms with Crippen LogP contribution in [0.15, 0.2) is 0 Å². The molecule has 0 aromatic carbocycles. The summed E-state index contributed by atoms with van der Waals surface area (Å²) in [5, 5.41) is 0. The Morgan fingerprint density at radius 3 is 0.286 bits per heavy atom. The molecule has 40 valence electrons. The van der Waals surface area contributed by atoms with Crippen LogP contribution in [0.3, 0.4) is 0 Å². The molecule has 0 saturated carbocycles. The minimum absolute atomic E-state index is 0. The van der Waals surface area contributed by atoms with E-state index in [0.717, 1.165) is 0 Å². The van der Waals surface area contributed by atoms with E-state index in [-0.39, 0.29) is 130 Å². The van der Waals surface area contributed by atoms with Gasteiger partial charge in [-0.1, -0.05) is 0 Å². The van der Waals surface area contributed by atoms with E-state index in [9.17, 15) is 0 Å². The first-order valence-electron chi connectivity index (χ1n) is 0. The molecule has 0 unspecified atom stereocenters. The topological polar surface area (TPSA) is 0 Å². The Balaban J connectivity index is 0. The van der Waals surface area contributed by atoms with Gasteiger partial charge in [0.15, 0.2) is 0 Å². The van der Waals surface area contributed by atoms with E-state index >= 15 is 0 Å². The van der Waals surface area contributed by atoms with Crippen LogP contribution in [0.5, 0.6) is 0 Å². The summed E-state index contributed by atoms with van der Waals surface area (Å²) >= 11 is 0. The quantitative estimate of drug-likeness (QED) is 0.254. The Labute approximate surface area is 128 Å². The first kappa shape index (κ1) is 67.7. The zero-order chi connectivity index (χ0) is 0. The normalized spacial score (nSPS) is 0. The van der Waals surface area contributed by atoms with Crippen molar-refractivity contribution in [2.75, 3.05) is 0 Å². The van der Waals surface area contributed by atoms with Crippen molar-refractivity contribution >= 4 is 85.3 Å².